The first-order valence-corrected chi connectivity index (χ1v) is 11.9. The Hall–Kier alpha value is -3.69. The van der Waals surface area contributed by atoms with Crippen molar-refractivity contribution >= 4 is 33.2 Å². The highest BCUT2D eigenvalue weighted by molar-refractivity contribution is 7.18. The Labute approximate surface area is 196 Å². The van der Waals surface area contributed by atoms with E-state index in [4.69, 9.17) is 4.74 Å². The third-order valence-electron chi connectivity index (χ3n) is 5.98. The van der Waals surface area contributed by atoms with E-state index in [2.05, 4.69) is 23.0 Å². The van der Waals surface area contributed by atoms with Crippen LogP contribution in [-0.2, 0) is 19.4 Å². The topological polar surface area (TPSA) is 78.8 Å². The molecule has 2 heterocycles. The van der Waals surface area contributed by atoms with Gasteiger partial charge in [0.1, 0.15) is 23.3 Å². The van der Waals surface area contributed by atoms with E-state index in [9.17, 15) is 10.1 Å². The lowest BCUT2D eigenvalue weighted by Crippen LogP contribution is -2.14. The van der Waals surface area contributed by atoms with Gasteiger partial charge in [0.2, 0.25) is 0 Å². The Bertz CT molecular complexity index is 1430. The summed E-state index contributed by atoms with van der Waals surface area (Å²) < 4.78 is 5.83. The average molecular weight is 454 g/mol. The number of rotatable bonds is 5. The Kier molecular flexibility index (Phi) is 5.80. The number of thiophene rings is 1. The van der Waals surface area contributed by atoms with Crippen molar-refractivity contribution in [3.63, 3.8) is 0 Å². The van der Waals surface area contributed by atoms with Crippen LogP contribution >= 0.6 is 11.3 Å². The Balaban J connectivity index is 1.40. The van der Waals surface area contributed by atoms with E-state index in [-0.39, 0.29) is 5.56 Å². The Morgan fingerprint density at radius 2 is 2.03 bits per heavy atom. The van der Waals surface area contributed by atoms with Crippen LogP contribution in [0.1, 0.15) is 40.7 Å². The number of hydrogen-bond acceptors (Lipinski definition) is 5. The van der Waals surface area contributed by atoms with Crippen molar-refractivity contribution in [2.75, 3.05) is 0 Å². The summed E-state index contributed by atoms with van der Waals surface area (Å²) in [5.74, 6) is 1.69. The molecule has 0 amide bonds. The predicted molar refractivity (Wildman–Crippen MR) is 132 cm³/mol. The van der Waals surface area contributed by atoms with E-state index in [0.717, 1.165) is 46.5 Å². The molecule has 164 valence electrons. The largest absolute Gasteiger partial charge is 0.489 e. The van der Waals surface area contributed by atoms with Gasteiger partial charge in [-0.1, -0.05) is 49.4 Å². The summed E-state index contributed by atoms with van der Waals surface area (Å²) in [6.45, 7) is 2.74. The quantitative estimate of drug-likeness (QED) is 0.390. The van der Waals surface area contributed by atoms with Gasteiger partial charge in [-0.3, -0.25) is 4.79 Å². The summed E-state index contributed by atoms with van der Waals surface area (Å²) in [6.07, 6.45) is 4.74. The monoisotopic (exact) mass is 453 g/mol. The summed E-state index contributed by atoms with van der Waals surface area (Å²) >= 11 is 1.59. The molecule has 0 radical (unpaired) electrons. The standard InChI is InChI=1S/C27H23N3O2S/c1-17-7-12-22-23(13-17)33-27-24(22)26(31)29-25(30-27)20(15-28)14-18-8-10-21(11-9-18)32-16-19-5-3-2-4-6-19/h2-6,8-11,14,17H,7,12-13,16H2,1H3,(H,29,30,31)/b20-14-. The van der Waals surface area contributed by atoms with Crippen molar-refractivity contribution in [2.24, 2.45) is 5.92 Å². The van der Waals surface area contributed by atoms with Crippen LogP contribution in [0.3, 0.4) is 0 Å². The number of nitrogens with zero attached hydrogens (tertiary/aromatic N) is 2. The van der Waals surface area contributed by atoms with Crippen LogP contribution in [0.2, 0.25) is 0 Å². The first kappa shape index (κ1) is 21.2. The lowest BCUT2D eigenvalue weighted by Gasteiger charge is -2.17. The summed E-state index contributed by atoms with van der Waals surface area (Å²) in [6, 6.07) is 19.7. The first-order valence-electron chi connectivity index (χ1n) is 11.0. The fourth-order valence-corrected chi connectivity index (χ4v) is 5.58. The molecular weight excluding hydrogens is 430 g/mol. The number of aryl methyl sites for hydroxylation is 1. The minimum atomic E-state index is -0.159. The van der Waals surface area contributed by atoms with E-state index >= 15 is 0 Å². The highest BCUT2D eigenvalue weighted by Crippen LogP contribution is 2.36. The van der Waals surface area contributed by atoms with Gasteiger partial charge in [-0.25, -0.2) is 4.98 Å². The number of H-pyrrole nitrogens is 1. The summed E-state index contributed by atoms with van der Waals surface area (Å²) in [5, 5.41) is 10.5. The molecule has 1 aliphatic rings. The molecule has 0 bridgehead atoms. The van der Waals surface area contributed by atoms with Crippen LogP contribution < -0.4 is 10.3 Å². The molecule has 1 unspecified atom stereocenters. The molecule has 0 spiro atoms. The van der Waals surface area contributed by atoms with Crippen molar-refractivity contribution in [3.8, 4) is 11.8 Å². The number of hydrogen-bond donors (Lipinski definition) is 1. The molecule has 2 aromatic carbocycles. The molecule has 6 heteroatoms. The second kappa shape index (κ2) is 9.05. The van der Waals surface area contributed by atoms with Crippen molar-refractivity contribution in [3.05, 3.63) is 92.3 Å². The maximum absolute atomic E-state index is 12.9. The number of aromatic nitrogens is 2. The predicted octanol–water partition coefficient (Wildman–Crippen LogP) is 5.75. The van der Waals surface area contributed by atoms with Gasteiger partial charge in [-0.05, 0) is 60.1 Å². The summed E-state index contributed by atoms with van der Waals surface area (Å²) in [4.78, 5) is 22.4. The minimum Gasteiger partial charge on any atom is -0.489 e. The number of nitrogens with one attached hydrogen (secondary N) is 1. The molecular formula is C27H23N3O2S. The zero-order valence-corrected chi connectivity index (χ0v) is 19.1. The molecule has 0 aliphatic heterocycles. The van der Waals surface area contributed by atoms with Crippen LogP contribution in [0.5, 0.6) is 5.75 Å². The number of benzene rings is 2. The van der Waals surface area contributed by atoms with Gasteiger partial charge < -0.3 is 9.72 Å². The van der Waals surface area contributed by atoms with Crippen LogP contribution in [0, 0.1) is 17.2 Å². The minimum absolute atomic E-state index is 0.159. The smallest absolute Gasteiger partial charge is 0.260 e. The van der Waals surface area contributed by atoms with E-state index in [0.29, 0.717) is 29.3 Å². The third kappa shape index (κ3) is 4.46. The van der Waals surface area contributed by atoms with Gasteiger partial charge in [0.15, 0.2) is 5.82 Å². The van der Waals surface area contributed by atoms with Gasteiger partial charge >= 0.3 is 0 Å². The maximum Gasteiger partial charge on any atom is 0.260 e. The normalized spacial score (nSPS) is 15.8. The van der Waals surface area contributed by atoms with Crippen LogP contribution in [0.15, 0.2) is 59.4 Å². The van der Waals surface area contributed by atoms with Crippen molar-refractivity contribution in [1.29, 1.82) is 5.26 Å². The van der Waals surface area contributed by atoms with Crippen LogP contribution in [-0.4, -0.2) is 9.97 Å². The lowest BCUT2D eigenvalue weighted by atomic mass is 9.89. The highest BCUT2D eigenvalue weighted by Gasteiger charge is 2.23. The molecule has 1 atom stereocenters. The van der Waals surface area contributed by atoms with Crippen molar-refractivity contribution < 1.29 is 4.74 Å². The van der Waals surface area contributed by atoms with Crippen molar-refractivity contribution in [2.45, 2.75) is 32.8 Å². The van der Waals surface area contributed by atoms with Gasteiger partial charge in [-0.15, -0.1) is 11.3 Å². The molecule has 1 N–H and O–H groups in total. The van der Waals surface area contributed by atoms with Gasteiger partial charge in [-0.2, -0.15) is 5.26 Å². The summed E-state index contributed by atoms with van der Waals surface area (Å²) in [5.41, 5.74) is 3.24. The third-order valence-corrected chi connectivity index (χ3v) is 7.13. The molecule has 0 saturated carbocycles. The molecule has 1 aliphatic carbocycles. The van der Waals surface area contributed by atoms with Gasteiger partial charge in [0.05, 0.1) is 11.0 Å². The number of ether oxygens (including phenoxy) is 1. The maximum atomic E-state index is 12.9. The number of fused-ring (bicyclic) bond motifs is 3. The summed E-state index contributed by atoms with van der Waals surface area (Å²) in [7, 11) is 0. The molecule has 5 rings (SSSR count). The van der Waals surface area contributed by atoms with Crippen molar-refractivity contribution in [1.82, 2.24) is 9.97 Å². The first-order chi connectivity index (χ1) is 16.1. The number of allylic oxidation sites excluding steroid dienone is 1. The van der Waals surface area contributed by atoms with Crippen LogP contribution in [0.4, 0.5) is 0 Å². The second-order valence-electron chi connectivity index (χ2n) is 8.46. The number of nitriles is 1. The zero-order valence-electron chi connectivity index (χ0n) is 18.3. The van der Waals surface area contributed by atoms with E-state index < -0.39 is 0 Å². The Morgan fingerprint density at radius 3 is 2.79 bits per heavy atom. The lowest BCUT2D eigenvalue weighted by molar-refractivity contribution is 0.306. The van der Waals surface area contributed by atoms with Gasteiger partial charge in [0.25, 0.3) is 5.56 Å². The fraction of sp³-hybridized carbons (Fsp3) is 0.222. The van der Waals surface area contributed by atoms with E-state index in [1.807, 2.05) is 54.6 Å². The SMILES string of the molecule is CC1CCc2c(sc3nc(/C(C#N)=C\c4ccc(OCc5ccccc5)cc4)[nH]c(=O)c23)C1. The molecule has 2 aromatic heterocycles. The molecule has 4 aromatic rings. The number of aromatic amines is 1. The van der Waals surface area contributed by atoms with E-state index in [1.165, 1.54) is 4.88 Å². The molecule has 0 saturated heterocycles. The second-order valence-corrected chi connectivity index (χ2v) is 9.54. The van der Waals surface area contributed by atoms with Crippen LogP contribution in [0.25, 0.3) is 21.9 Å². The zero-order chi connectivity index (χ0) is 22.8. The average Bonchev–Trinajstić information content (AvgIpc) is 3.20. The molecule has 5 nitrogen and oxygen atoms in total. The van der Waals surface area contributed by atoms with E-state index in [1.54, 1.807) is 17.4 Å². The van der Waals surface area contributed by atoms with Gasteiger partial charge in [0, 0.05) is 4.88 Å². The fourth-order valence-electron chi connectivity index (χ4n) is 4.20. The highest BCUT2D eigenvalue weighted by atomic mass is 32.1. The molecule has 0 fully saturated rings. The molecule has 33 heavy (non-hydrogen) atoms. The Morgan fingerprint density at radius 1 is 1.24 bits per heavy atom.